The summed E-state index contributed by atoms with van der Waals surface area (Å²) in [7, 11) is 0. The molecule has 0 spiro atoms. The van der Waals surface area contributed by atoms with Gasteiger partial charge in [-0.3, -0.25) is 4.79 Å². The number of rotatable bonds is 10. The molecule has 3 aliphatic rings. The van der Waals surface area contributed by atoms with E-state index in [9.17, 15) is 34.8 Å². The van der Waals surface area contributed by atoms with Crippen LogP contribution in [-0.2, 0) is 23.8 Å². The van der Waals surface area contributed by atoms with E-state index >= 15 is 0 Å². The number of ketones is 1. The van der Waals surface area contributed by atoms with E-state index in [4.69, 9.17) is 21.1 Å². The van der Waals surface area contributed by atoms with Crippen LogP contribution in [0, 0.1) is 74.2 Å². The first-order valence-electron chi connectivity index (χ1n) is 15.8. The Morgan fingerprint density at radius 1 is 1.13 bits per heavy atom. The molecule has 0 aromatic heterocycles. The first-order valence-corrected chi connectivity index (χ1v) is 15.8. The molecule has 2 fully saturated rings. The standard InChI is InChI=1S/C36H48O10.Ac/c1-19(2)14-20(3)30(39)33(41)45-27-17-36(43,34(7,8)25(22(27)5)15-21(4)37)31(46-32(40)24-12-10-9-11-13-24)29-23(6)26(38)16-28-35(29,42)18-44-28;/h3,9-14,20,23,26-31,38-39,42-43H,15-18H2,1-2,4-8H3;/t20?,23-,26?,27?,28?,29?,30?,31?,35?,36?;/m0./s1. The summed E-state index contributed by atoms with van der Waals surface area (Å²) in [5.74, 6) is -4.73. The molecular weight excluding hydrogens is 819 g/mol. The average Bonchev–Trinajstić information content (AvgIpc) is 2.98. The number of aliphatic hydroxyl groups is 4. The SMILES string of the molecule is [Ac].[CH]C(C=C(C)C)C(O)C(=O)OC1CC(O)(C(OC(=O)c2ccccc2)C2[C@@H](C)C(O)CC3OCC32O)C(C)(C)C(CC(C)=O)=C1C. The van der Waals surface area contributed by atoms with Crippen LogP contribution >= 0.6 is 0 Å². The van der Waals surface area contributed by atoms with Crippen LogP contribution in [0.3, 0.4) is 0 Å². The minimum absolute atomic E-state index is 0. The van der Waals surface area contributed by atoms with Gasteiger partial charge in [-0.25, -0.2) is 9.59 Å². The molecule has 1 aromatic rings. The van der Waals surface area contributed by atoms with Crippen molar-refractivity contribution in [1.82, 2.24) is 0 Å². The molecule has 2 aliphatic carbocycles. The fourth-order valence-electron chi connectivity index (χ4n) is 7.54. The Labute approximate surface area is 313 Å². The van der Waals surface area contributed by atoms with Crippen molar-refractivity contribution in [2.45, 2.75) is 109 Å². The molecule has 9 unspecified atom stereocenters. The van der Waals surface area contributed by atoms with Crippen molar-refractivity contribution in [1.29, 1.82) is 0 Å². The molecule has 255 valence electrons. The monoisotopic (exact) mass is 867 g/mol. The second-order valence-corrected chi connectivity index (χ2v) is 14.2. The Morgan fingerprint density at radius 3 is 2.28 bits per heavy atom. The third-order valence-electron chi connectivity index (χ3n) is 10.4. The van der Waals surface area contributed by atoms with Crippen molar-refractivity contribution < 1.29 is 93.1 Å². The number of esters is 2. The molecule has 10 atom stereocenters. The number of hydrogen-bond acceptors (Lipinski definition) is 10. The Hall–Kier alpha value is -1.45. The second kappa shape index (κ2) is 15.2. The van der Waals surface area contributed by atoms with Gasteiger partial charge in [0.2, 0.25) is 0 Å². The predicted octanol–water partition coefficient (Wildman–Crippen LogP) is 3.38. The number of hydrogen-bond donors (Lipinski definition) is 4. The van der Waals surface area contributed by atoms with Crippen LogP contribution in [0.15, 0.2) is 53.1 Å². The van der Waals surface area contributed by atoms with Crippen LogP contribution in [0.1, 0.15) is 78.1 Å². The molecular formula is C36H48AcO10. The molecule has 10 nitrogen and oxygen atoms in total. The molecule has 4 rings (SSSR count). The summed E-state index contributed by atoms with van der Waals surface area (Å²) >= 11 is 0. The van der Waals surface area contributed by atoms with Gasteiger partial charge in [0.15, 0.2) is 6.10 Å². The molecule has 4 N–H and O–H groups in total. The first kappa shape index (κ1) is 40.0. The van der Waals surface area contributed by atoms with Crippen molar-refractivity contribution in [2.75, 3.05) is 6.61 Å². The van der Waals surface area contributed by atoms with Gasteiger partial charge in [0.25, 0.3) is 0 Å². The van der Waals surface area contributed by atoms with Crippen molar-refractivity contribution in [2.24, 2.45) is 23.2 Å². The Kier molecular flexibility index (Phi) is 12.9. The van der Waals surface area contributed by atoms with Gasteiger partial charge >= 0.3 is 11.9 Å². The van der Waals surface area contributed by atoms with Gasteiger partial charge in [0.1, 0.15) is 29.2 Å². The maximum Gasteiger partial charge on any atom is 0.338 e. The number of fused-ring (bicyclic) bond motifs is 1. The smallest absolute Gasteiger partial charge is 0.338 e. The number of carbonyl (C=O) groups excluding carboxylic acids is 3. The largest absolute Gasteiger partial charge is 0.456 e. The normalized spacial score (nSPS) is 33.1. The third-order valence-corrected chi connectivity index (χ3v) is 10.4. The van der Waals surface area contributed by atoms with Gasteiger partial charge in [-0.1, -0.05) is 56.2 Å². The summed E-state index contributed by atoms with van der Waals surface area (Å²) in [4.78, 5) is 39.6. The van der Waals surface area contributed by atoms with Crippen LogP contribution in [0.2, 0.25) is 0 Å². The Balaban J connectivity index is 0.00000600. The van der Waals surface area contributed by atoms with E-state index in [1.54, 1.807) is 71.9 Å². The van der Waals surface area contributed by atoms with Crippen molar-refractivity contribution in [3.05, 3.63) is 65.6 Å². The number of aliphatic hydroxyl groups excluding tert-OH is 2. The molecule has 1 saturated heterocycles. The van der Waals surface area contributed by atoms with Crippen molar-refractivity contribution in [3.8, 4) is 0 Å². The predicted molar refractivity (Wildman–Crippen MR) is 168 cm³/mol. The molecule has 1 heterocycles. The second-order valence-electron chi connectivity index (χ2n) is 14.2. The maximum absolute atomic E-state index is 13.7. The molecule has 47 heavy (non-hydrogen) atoms. The first-order chi connectivity index (χ1) is 21.3. The number of ether oxygens (including phenoxy) is 3. The van der Waals surface area contributed by atoms with Gasteiger partial charge in [0.05, 0.1) is 24.4 Å². The summed E-state index contributed by atoms with van der Waals surface area (Å²) in [6.07, 6.45) is -4.76. The van der Waals surface area contributed by atoms with E-state index in [0.29, 0.717) is 11.1 Å². The number of allylic oxidation sites excluding steroid dienone is 1. The third kappa shape index (κ3) is 7.67. The summed E-state index contributed by atoms with van der Waals surface area (Å²) in [6, 6.07) is 8.19. The fourth-order valence-corrected chi connectivity index (χ4v) is 7.54. The molecule has 3 radical (unpaired) electrons. The Morgan fingerprint density at radius 2 is 1.74 bits per heavy atom. The summed E-state index contributed by atoms with van der Waals surface area (Å²) < 4.78 is 17.7. The topological polar surface area (TPSA) is 160 Å². The van der Waals surface area contributed by atoms with Crippen LogP contribution in [-0.4, -0.2) is 86.5 Å². The van der Waals surface area contributed by atoms with Crippen molar-refractivity contribution in [3.63, 3.8) is 0 Å². The summed E-state index contributed by atoms with van der Waals surface area (Å²) in [6.45, 7) is 17.7. The minimum atomic E-state index is -2.06. The number of benzene rings is 1. The van der Waals surface area contributed by atoms with E-state index in [2.05, 4.69) is 0 Å². The zero-order valence-electron chi connectivity index (χ0n) is 28.3. The number of Topliss-reactive ketones (excluding diaryl/α,β-unsaturated/α-hetero) is 1. The van der Waals surface area contributed by atoms with Gasteiger partial charge < -0.3 is 34.6 Å². The van der Waals surface area contributed by atoms with Gasteiger partial charge in [-0.05, 0) is 58.2 Å². The molecule has 1 aromatic carbocycles. The van der Waals surface area contributed by atoms with Crippen LogP contribution in [0.4, 0.5) is 0 Å². The molecule has 0 amide bonds. The fraction of sp³-hybridized carbons (Fsp3) is 0.611. The van der Waals surface area contributed by atoms with Gasteiger partial charge in [-0.2, -0.15) is 0 Å². The average molecular weight is 868 g/mol. The Bertz CT molecular complexity index is 1390. The number of carbonyl (C=O) groups is 3. The zero-order chi connectivity index (χ0) is 34.4. The molecule has 11 heteroatoms. The van der Waals surface area contributed by atoms with Crippen LogP contribution < -0.4 is 0 Å². The maximum atomic E-state index is 13.7. The van der Waals surface area contributed by atoms with Gasteiger partial charge in [-0.15, -0.1) is 0 Å². The minimum Gasteiger partial charge on any atom is -0.456 e. The van der Waals surface area contributed by atoms with Crippen LogP contribution in [0.25, 0.3) is 0 Å². The van der Waals surface area contributed by atoms with E-state index in [-0.39, 0.29) is 81.3 Å². The van der Waals surface area contributed by atoms with Crippen LogP contribution in [0.5, 0.6) is 0 Å². The summed E-state index contributed by atoms with van der Waals surface area (Å²) in [5.41, 5.74) is -2.92. The van der Waals surface area contributed by atoms with Crippen molar-refractivity contribution >= 4 is 17.7 Å². The van der Waals surface area contributed by atoms with Gasteiger partial charge in [0, 0.05) is 80.6 Å². The molecule has 0 bridgehead atoms. The molecule has 1 saturated carbocycles. The quantitative estimate of drug-likeness (QED) is 0.203. The van der Waals surface area contributed by atoms with E-state index in [0.717, 1.165) is 5.57 Å². The van der Waals surface area contributed by atoms with E-state index in [1.807, 2.05) is 0 Å². The van der Waals surface area contributed by atoms with E-state index < -0.39 is 76.8 Å². The summed E-state index contributed by atoms with van der Waals surface area (Å²) in [5, 5.41) is 46.8. The zero-order valence-corrected chi connectivity index (χ0v) is 33.0. The molecule has 1 aliphatic heterocycles. The van der Waals surface area contributed by atoms with E-state index in [1.165, 1.54) is 13.0 Å².